The Hall–Kier alpha value is -2.28. The van der Waals surface area contributed by atoms with Crippen molar-refractivity contribution >= 4 is 28.8 Å². The van der Waals surface area contributed by atoms with Gasteiger partial charge in [0, 0.05) is 29.1 Å². The van der Waals surface area contributed by atoms with Gasteiger partial charge in [-0.2, -0.15) is 0 Å². The maximum absolute atomic E-state index is 13.1. The number of aromatic nitrogens is 1. The zero-order chi connectivity index (χ0) is 20.4. The number of halogens is 2. The highest BCUT2D eigenvalue weighted by Gasteiger charge is 2.35. The predicted octanol–water partition coefficient (Wildman–Crippen LogP) is 4.66. The summed E-state index contributed by atoms with van der Waals surface area (Å²) in [6.07, 6.45) is 1.19. The number of amides is 1. The number of thiazole rings is 1. The summed E-state index contributed by atoms with van der Waals surface area (Å²) >= 11 is 7.37. The molecule has 2 heterocycles. The first-order valence-electron chi connectivity index (χ1n) is 9.39. The number of carbonyl (C=O) groups is 1. The van der Waals surface area contributed by atoms with Crippen LogP contribution in [0.3, 0.4) is 0 Å². The van der Waals surface area contributed by atoms with E-state index >= 15 is 0 Å². The molecule has 1 N–H and O–H groups in total. The van der Waals surface area contributed by atoms with Crippen LogP contribution in [0, 0.1) is 5.82 Å². The quantitative estimate of drug-likeness (QED) is 0.655. The molecule has 1 fully saturated rings. The lowest BCUT2D eigenvalue weighted by molar-refractivity contribution is -0.135. The van der Waals surface area contributed by atoms with Gasteiger partial charge in [-0.3, -0.25) is 4.79 Å². The Morgan fingerprint density at radius 2 is 1.79 bits per heavy atom. The van der Waals surface area contributed by atoms with Crippen LogP contribution < -0.4 is 0 Å². The Morgan fingerprint density at radius 3 is 2.45 bits per heavy atom. The maximum Gasteiger partial charge on any atom is 0.228 e. The Bertz CT molecular complexity index is 996. The van der Waals surface area contributed by atoms with E-state index in [-0.39, 0.29) is 18.1 Å². The Kier molecular flexibility index (Phi) is 5.67. The third kappa shape index (κ3) is 4.50. The van der Waals surface area contributed by atoms with Gasteiger partial charge in [-0.05, 0) is 54.8 Å². The first-order valence-corrected chi connectivity index (χ1v) is 10.7. The van der Waals surface area contributed by atoms with Crippen LogP contribution in [-0.4, -0.2) is 34.0 Å². The minimum absolute atomic E-state index is 0.000822. The van der Waals surface area contributed by atoms with Crippen molar-refractivity contribution in [1.82, 2.24) is 9.88 Å². The van der Waals surface area contributed by atoms with E-state index in [1.165, 1.54) is 23.5 Å². The molecule has 7 heteroatoms. The molecule has 0 radical (unpaired) electrons. The van der Waals surface area contributed by atoms with Crippen LogP contribution >= 0.6 is 22.9 Å². The number of carbonyl (C=O) groups excluding carboxylic acids is 1. The van der Waals surface area contributed by atoms with Crippen LogP contribution in [0.25, 0.3) is 10.6 Å². The van der Waals surface area contributed by atoms with E-state index in [9.17, 15) is 14.3 Å². The van der Waals surface area contributed by atoms with Gasteiger partial charge in [-0.15, -0.1) is 11.3 Å². The van der Waals surface area contributed by atoms with Crippen molar-refractivity contribution in [3.63, 3.8) is 0 Å². The summed E-state index contributed by atoms with van der Waals surface area (Å²) in [5.41, 5.74) is 1.44. The molecule has 3 aromatic rings. The minimum atomic E-state index is -0.933. The van der Waals surface area contributed by atoms with Gasteiger partial charge in [-0.25, -0.2) is 9.37 Å². The largest absolute Gasteiger partial charge is 0.385 e. The van der Waals surface area contributed by atoms with Crippen LogP contribution in [0.5, 0.6) is 0 Å². The first kappa shape index (κ1) is 20.0. The number of benzene rings is 2. The van der Waals surface area contributed by atoms with Crippen LogP contribution in [0.2, 0.25) is 5.02 Å². The van der Waals surface area contributed by atoms with Crippen molar-refractivity contribution in [3.8, 4) is 10.6 Å². The second-order valence-electron chi connectivity index (χ2n) is 7.25. The average molecular weight is 431 g/mol. The van der Waals surface area contributed by atoms with Crippen molar-refractivity contribution in [2.24, 2.45) is 0 Å². The van der Waals surface area contributed by atoms with Gasteiger partial charge in [0.1, 0.15) is 10.8 Å². The predicted molar refractivity (Wildman–Crippen MR) is 112 cm³/mol. The third-order valence-electron chi connectivity index (χ3n) is 5.30. The fourth-order valence-electron chi connectivity index (χ4n) is 3.55. The van der Waals surface area contributed by atoms with Crippen molar-refractivity contribution < 1.29 is 14.3 Å². The lowest BCUT2D eigenvalue weighted by Crippen LogP contribution is -2.45. The van der Waals surface area contributed by atoms with E-state index in [0.717, 1.165) is 16.1 Å². The van der Waals surface area contributed by atoms with Gasteiger partial charge in [0.2, 0.25) is 5.91 Å². The third-order valence-corrected chi connectivity index (χ3v) is 6.49. The van der Waals surface area contributed by atoms with E-state index < -0.39 is 5.60 Å². The lowest BCUT2D eigenvalue weighted by atomic mass is 9.84. The molecule has 0 atom stereocenters. The topological polar surface area (TPSA) is 53.4 Å². The molecular weight excluding hydrogens is 411 g/mol. The summed E-state index contributed by atoms with van der Waals surface area (Å²) in [5, 5.41) is 14.2. The highest BCUT2D eigenvalue weighted by Crippen LogP contribution is 2.33. The van der Waals surface area contributed by atoms with Crippen molar-refractivity contribution in [3.05, 3.63) is 76.0 Å². The summed E-state index contributed by atoms with van der Waals surface area (Å²) < 4.78 is 13.1. The zero-order valence-corrected chi connectivity index (χ0v) is 17.2. The molecule has 150 valence electrons. The molecule has 0 spiro atoms. The smallest absolute Gasteiger partial charge is 0.228 e. The van der Waals surface area contributed by atoms with Crippen LogP contribution in [0.15, 0.2) is 53.9 Å². The van der Waals surface area contributed by atoms with Crippen LogP contribution in [-0.2, 0) is 16.8 Å². The van der Waals surface area contributed by atoms with Crippen molar-refractivity contribution in [2.75, 3.05) is 13.1 Å². The van der Waals surface area contributed by atoms with E-state index in [1.807, 2.05) is 17.5 Å². The molecule has 1 aromatic heterocycles. The summed E-state index contributed by atoms with van der Waals surface area (Å²) in [5.74, 6) is -0.288. The number of piperidine rings is 1. The molecule has 1 amide bonds. The van der Waals surface area contributed by atoms with Crippen LogP contribution in [0.1, 0.15) is 24.1 Å². The monoisotopic (exact) mass is 430 g/mol. The molecule has 1 saturated heterocycles. The number of hydrogen-bond acceptors (Lipinski definition) is 4. The Labute approximate surface area is 177 Å². The zero-order valence-electron chi connectivity index (χ0n) is 15.6. The van der Waals surface area contributed by atoms with Crippen molar-refractivity contribution in [2.45, 2.75) is 24.9 Å². The number of hydrogen-bond donors (Lipinski definition) is 1. The van der Waals surface area contributed by atoms with E-state index in [0.29, 0.717) is 36.6 Å². The molecule has 4 nitrogen and oxygen atoms in total. The molecule has 0 aliphatic carbocycles. The molecule has 1 aliphatic rings. The van der Waals surface area contributed by atoms with E-state index in [4.69, 9.17) is 11.6 Å². The lowest BCUT2D eigenvalue weighted by Gasteiger charge is -2.38. The normalized spacial score (nSPS) is 16.0. The highest BCUT2D eigenvalue weighted by molar-refractivity contribution is 7.13. The van der Waals surface area contributed by atoms with Gasteiger partial charge in [0.15, 0.2) is 0 Å². The first-order chi connectivity index (χ1) is 13.9. The maximum atomic E-state index is 13.1. The second kappa shape index (κ2) is 8.22. The van der Waals surface area contributed by atoms with Crippen LogP contribution in [0.4, 0.5) is 4.39 Å². The van der Waals surface area contributed by atoms with Crippen molar-refractivity contribution in [1.29, 1.82) is 0 Å². The van der Waals surface area contributed by atoms with Gasteiger partial charge in [0.05, 0.1) is 17.7 Å². The number of rotatable bonds is 4. The van der Waals surface area contributed by atoms with E-state index in [2.05, 4.69) is 4.98 Å². The van der Waals surface area contributed by atoms with Gasteiger partial charge in [0.25, 0.3) is 0 Å². The fraction of sp³-hybridized carbons (Fsp3) is 0.273. The van der Waals surface area contributed by atoms with Gasteiger partial charge >= 0.3 is 0 Å². The average Bonchev–Trinajstić information content (AvgIpc) is 3.18. The minimum Gasteiger partial charge on any atom is -0.385 e. The highest BCUT2D eigenvalue weighted by atomic mass is 35.5. The van der Waals surface area contributed by atoms with E-state index in [1.54, 1.807) is 29.2 Å². The molecular formula is C22H20ClFN2O2S. The number of aliphatic hydroxyl groups is 1. The molecule has 2 aromatic carbocycles. The summed E-state index contributed by atoms with van der Waals surface area (Å²) in [7, 11) is 0. The molecule has 4 rings (SSSR count). The molecule has 0 saturated carbocycles. The summed E-state index contributed by atoms with van der Waals surface area (Å²) in [6, 6.07) is 13.4. The summed E-state index contributed by atoms with van der Waals surface area (Å²) in [4.78, 5) is 19.0. The Morgan fingerprint density at radius 1 is 1.14 bits per heavy atom. The van der Waals surface area contributed by atoms with Gasteiger partial charge < -0.3 is 10.0 Å². The standard InChI is InChI=1S/C22H20ClFN2O2S/c23-17-5-3-16(4-6-17)22(28)9-11-26(12-10-22)20(27)13-19-14-29-21(25-19)15-1-7-18(24)8-2-15/h1-8,14,28H,9-13H2. The summed E-state index contributed by atoms with van der Waals surface area (Å²) in [6.45, 7) is 0.986. The fourth-order valence-corrected chi connectivity index (χ4v) is 4.51. The second-order valence-corrected chi connectivity index (χ2v) is 8.54. The molecule has 0 unspecified atom stereocenters. The number of nitrogens with zero attached hydrogens (tertiary/aromatic N) is 2. The number of likely N-dealkylation sites (tertiary alicyclic amines) is 1. The molecule has 29 heavy (non-hydrogen) atoms. The molecule has 1 aliphatic heterocycles. The Balaban J connectivity index is 1.37. The molecule has 0 bridgehead atoms. The SMILES string of the molecule is O=C(Cc1csc(-c2ccc(F)cc2)n1)N1CCC(O)(c2ccc(Cl)cc2)CC1. The van der Waals surface area contributed by atoms with Gasteiger partial charge in [-0.1, -0.05) is 23.7 Å².